The normalized spacial score (nSPS) is 12.5. The molecule has 0 saturated carbocycles. The molecule has 0 unspecified atom stereocenters. The van der Waals surface area contributed by atoms with Gasteiger partial charge < -0.3 is 19.5 Å². The fourth-order valence-electron chi connectivity index (χ4n) is 3.30. The minimum Gasteiger partial charge on any atom is -0.482 e. The number of nitrogens with two attached hydrogens (primary N) is 1. The summed E-state index contributed by atoms with van der Waals surface area (Å²) in [6.07, 6.45) is -5.32. The maximum atomic E-state index is 13.5. The molecular formula is C21H16ClF3N6O3. The summed E-state index contributed by atoms with van der Waals surface area (Å²) >= 11 is 6.08. The Morgan fingerprint density at radius 1 is 1.12 bits per heavy atom. The molecule has 0 aliphatic heterocycles. The van der Waals surface area contributed by atoms with Gasteiger partial charge in [0.25, 0.3) is 5.89 Å². The van der Waals surface area contributed by atoms with Crippen molar-refractivity contribution in [3.05, 3.63) is 64.8 Å². The number of halogens is 4. The molecule has 1 atom stereocenters. The van der Waals surface area contributed by atoms with Crippen LogP contribution in [0.3, 0.4) is 0 Å². The van der Waals surface area contributed by atoms with Gasteiger partial charge in [0, 0.05) is 17.6 Å². The highest BCUT2D eigenvalue weighted by molar-refractivity contribution is 6.30. The number of benzene rings is 2. The molecule has 0 fully saturated rings. The molecule has 9 nitrogen and oxygen atoms in total. The van der Waals surface area contributed by atoms with Crippen molar-refractivity contribution in [2.75, 3.05) is 0 Å². The van der Waals surface area contributed by atoms with Gasteiger partial charge in [0.1, 0.15) is 5.75 Å². The van der Waals surface area contributed by atoms with E-state index in [0.29, 0.717) is 5.02 Å². The van der Waals surface area contributed by atoms with E-state index >= 15 is 0 Å². The minimum absolute atomic E-state index is 0.0257. The highest BCUT2D eigenvalue weighted by Crippen LogP contribution is 2.38. The fourth-order valence-corrected chi connectivity index (χ4v) is 3.47. The van der Waals surface area contributed by atoms with Crippen LogP contribution >= 0.6 is 11.6 Å². The Morgan fingerprint density at radius 2 is 1.85 bits per heavy atom. The standard InChI is InChI=1S/C21H16ClF3N6O3/c1-10(17-27-28-18(31(17)2)12-5-3-4-6-14(12)21(23,24)25)33-15-8-7-11(22)9-13(15)19-29-30-20(34-19)16(26)32/h3-10H,1-2H3,(H2,26,32)/t10-/m0/s1. The molecule has 0 bridgehead atoms. The van der Waals surface area contributed by atoms with Crippen LogP contribution in [-0.4, -0.2) is 30.9 Å². The number of hydrogen-bond acceptors (Lipinski definition) is 7. The van der Waals surface area contributed by atoms with E-state index in [0.717, 1.165) is 6.07 Å². The van der Waals surface area contributed by atoms with Gasteiger partial charge >= 0.3 is 18.0 Å². The highest BCUT2D eigenvalue weighted by atomic mass is 35.5. The fraction of sp³-hybridized carbons (Fsp3) is 0.190. The first-order chi connectivity index (χ1) is 16.1. The van der Waals surface area contributed by atoms with Crippen molar-refractivity contribution in [3.63, 3.8) is 0 Å². The molecule has 2 heterocycles. The predicted octanol–water partition coefficient (Wildman–Crippen LogP) is 4.44. The van der Waals surface area contributed by atoms with Gasteiger partial charge in [0.2, 0.25) is 0 Å². The van der Waals surface area contributed by atoms with Gasteiger partial charge in [-0.05, 0) is 31.2 Å². The SMILES string of the molecule is C[C@H](Oc1ccc(Cl)cc1-c1nnc(C(N)=O)o1)c1nnc(-c2ccccc2C(F)(F)F)n1C. The maximum Gasteiger partial charge on any atom is 0.417 e. The Balaban J connectivity index is 1.68. The second-order valence-corrected chi connectivity index (χ2v) is 7.60. The van der Waals surface area contributed by atoms with Crippen LogP contribution in [0.4, 0.5) is 13.2 Å². The number of carbonyl (C=O) groups excluding carboxylic acids is 1. The van der Waals surface area contributed by atoms with Gasteiger partial charge in [-0.15, -0.1) is 20.4 Å². The van der Waals surface area contributed by atoms with E-state index in [9.17, 15) is 18.0 Å². The Labute approximate surface area is 195 Å². The maximum absolute atomic E-state index is 13.5. The molecule has 4 aromatic rings. The lowest BCUT2D eigenvalue weighted by atomic mass is 10.1. The van der Waals surface area contributed by atoms with Crippen molar-refractivity contribution < 1.29 is 27.1 Å². The van der Waals surface area contributed by atoms with E-state index in [1.807, 2.05) is 0 Å². The molecule has 2 N–H and O–H groups in total. The van der Waals surface area contributed by atoms with Crippen LogP contribution in [0.2, 0.25) is 5.02 Å². The summed E-state index contributed by atoms with van der Waals surface area (Å²) in [6, 6.07) is 9.68. The van der Waals surface area contributed by atoms with Crippen LogP contribution in [-0.2, 0) is 13.2 Å². The first-order valence-electron chi connectivity index (χ1n) is 9.72. The average molecular weight is 493 g/mol. The number of nitrogens with zero attached hydrogens (tertiary/aromatic N) is 5. The van der Waals surface area contributed by atoms with E-state index in [2.05, 4.69) is 20.4 Å². The molecule has 0 spiro atoms. The number of primary amides is 1. The van der Waals surface area contributed by atoms with Crippen LogP contribution in [0.5, 0.6) is 5.75 Å². The van der Waals surface area contributed by atoms with E-state index < -0.39 is 29.6 Å². The molecular weight excluding hydrogens is 477 g/mol. The van der Waals surface area contributed by atoms with E-state index in [1.165, 1.54) is 35.9 Å². The number of alkyl halides is 3. The predicted molar refractivity (Wildman–Crippen MR) is 114 cm³/mol. The third-order valence-corrected chi connectivity index (χ3v) is 5.09. The third kappa shape index (κ3) is 4.44. The van der Waals surface area contributed by atoms with Crippen molar-refractivity contribution in [3.8, 4) is 28.6 Å². The molecule has 2 aromatic carbocycles. The number of rotatable bonds is 6. The highest BCUT2D eigenvalue weighted by Gasteiger charge is 2.35. The Bertz CT molecular complexity index is 1370. The van der Waals surface area contributed by atoms with E-state index in [-0.39, 0.29) is 34.4 Å². The number of ether oxygens (including phenoxy) is 1. The molecule has 0 aliphatic rings. The topological polar surface area (TPSA) is 122 Å². The zero-order valence-electron chi connectivity index (χ0n) is 17.7. The van der Waals surface area contributed by atoms with Crippen LogP contribution in [0.25, 0.3) is 22.8 Å². The van der Waals surface area contributed by atoms with Crippen LogP contribution in [0, 0.1) is 0 Å². The number of hydrogen-bond donors (Lipinski definition) is 1. The summed E-state index contributed by atoms with van der Waals surface area (Å²) in [4.78, 5) is 11.3. The molecule has 0 saturated heterocycles. The third-order valence-electron chi connectivity index (χ3n) is 4.86. The van der Waals surface area contributed by atoms with Gasteiger partial charge in [-0.1, -0.05) is 29.8 Å². The number of carbonyl (C=O) groups is 1. The van der Waals surface area contributed by atoms with Crippen molar-refractivity contribution in [1.82, 2.24) is 25.0 Å². The summed E-state index contributed by atoms with van der Waals surface area (Å²) in [5.41, 5.74) is 4.50. The lowest BCUT2D eigenvalue weighted by Crippen LogP contribution is -2.12. The largest absolute Gasteiger partial charge is 0.482 e. The Kier molecular flexibility index (Phi) is 6.00. The number of amides is 1. The van der Waals surface area contributed by atoms with Crippen LogP contribution in [0.1, 0.15) is 35.1 Å². The summed E-state index contributed by atoms with van der Waals surface area (Å²) in [6.45, 7) is 1.64. The molecule has 0 radical (unpaired) electrons. The monoisotopic (exact) mass is 492 g/mol. The summed E-state index contributed by atoms with van der Waals surface area (Å²) in [7, 11) is 1.54. The molecule has 2 aromatic heterocycles. The quantitative estimate of drug-likeness (QED) is 0.422. The lowest BCUT2D eigenvalue weighted by molar-refractivity contribution is -0.137. The van der Waals surface area contributed by atoms with Crippen molar-refractivity contribution in [2.24, 2.45) is 12.8 Å². The zero-order valence-corrected chi connectivity index (χ0v) is 18.4. The molecule has 13 heteroatoms. The molecule has 1 amide bonds. The van der Waals surface area contributed by atoms with E-state index in [4.69, 9.17) is 26.5 Å². The van der Waals surface area contributed by atoms with E-state index in [1.54, 1.807) is 19.1 Å². The molecule has 4 rings (SSSR count). The van der Waals surface area contributed by atoms with Crippen LogP contribution in [0.15, 0.2) is 46.9 Å². The van der Waals surface area contributed by atoms with Gasteiger partial charge in [0.05, 0.1) is 11.1 Å². The Hall–Kier alpha value is -3.93. The first-order valence-corrected chi connectivity index (χ1v) is 10.1. The van der Waals surface area contributed by atoms with Gasteiger partial charge in [-0.25, -0.2) is 0 Å². The molecule has 176 valence electrons. The van der Waals surface area contributed by atoms with Crippen molar-refractivity contribution in [2.45, 2.75) is 19.2 Å². The summed E-state index contributed by atoms with van der Waals surface area (Å²) < 4.78 is 53.1. The molecule has 0 aliphatic carbocycles. The smallest absolute Gasteiger partial charge is 0.417 e. The number of aromatic nitrogens is 5. The van der Waals surface area contributed by atoms with Crippen molar-refractivity contribution in [1.29, 1.82) is 0 Å². The second-order valence-electron chi connectivity index (χ2n) is 7.16. The zero-order chi connectivity index (χ0) is 24.6. The molecule has 34 heavy (non-hydrogen) atoms. The Morgan fingerprint density at radius 3 is 2.53 bits per heavy atom. The van der Waals surface area contributed by atoms with Crippen molar-refractivity contribution >= 4 is 17.5 Å². The van der Waals surface area contributed by atoms with Gasteiger partial charge in [0.15, 0.2) is 17.8 Å². The second kappa shape index (κ2) is 8.78. The average Bonchev–Trinajstić information content (AvgIpc) is 3.41. The van der Waals surface area contributed by atoms with Crippen LogP contribution < -0.4 is 10.5 Å². The van der Waals surface area contributed by atoms with Gasteiger partial charge in [-0.3, -0.25) is 4.79 Å². The summed E-state index contributed by atoms with van der Waals surface area (Å²) in [5.74, 6) is -0.820. The minimum atomic E-state index is -4.56. The first kappa shape index (κ1) is 23.2. The summed E-state index contributed by atoms with van der Waals surface area (Å²) in [5, 5.41) is 15.7. The van der Waals surface area contributed by atoms with Gasteiger partial charge in [-0.2, -0.15) is 13.2 Å². The lowest BCUT2D eigenvalue weighted by Gasteiger charge is -2.17.